The molecule has 9 heteroatoms. The van der Waals surface area contributed by atoms with Gasteiger partial charge in [0.25, 0.3) is 0 Å². The Labute approximate surface area is 184 Å². The number of carbonyl (C=O) groups excluding carboxylic acids is 1. The summed E-state index contributed by atoms with van der Waals surface area (Å²) in [4.78, 5) is 23.8. The van der Waals surface area contributed by atoms with Crippen LogP contribution in [0.2, 0.25) is 0 Å². The van der Waals surface area contributed by atoms with E-state index in [9.17, 15) is 4.79 Å². The van der Waals surface area contributed by atoms with E-state index in [0.29, 0.717) is 30.4 Å². The zero-order valence-corrected chi connectivity index (χ0v) is 18.4. The highest BCUT2D eigenvalue weighted by molar-refractivity contribution is 8.15. The Morgan fingerprint density at radius 2 is 2.13 bits per heavy atom. The summed E-state index contributed by atoms with van der Waals surface area (Å²) in [5.41, 5.74) is 8.01. The molecule has 2 aromatic heterocycles. The highest BCUT2D eigenvalue weighted by atomic mass is 32.2. The summed E-state index contributed by atoms with van der Waals surface area (Å²) in [6.45, 7) is 2.86. The van der Waals surface area contributed by atoms with Crippen LogP contribution in [0.3, 0.4) is 0 Å². The third kappa shape index (κ3) is 4.52. The fourth-order valence-electron chi connectivity index (χ4n) is 3.34. The van der Waals surface area contributed by atoms with Crippen molar-refractivity contribution in [2.45, 2.75) is 18.8 Å². The van der Waals surface area contributed by atoms with Gasteiger partial charge in [0, 0.05) is 29.7 Å². The zero-order valence-electron chi connectivity index (χ0n) is 17.5. The van der Waals surface area contributed by atoms with Gasteiger partial charge < -0.3 is 24.9 Å². The first-order chi connectivity index (χ1) is 15.0. The monoisotopic (exact) mass is 440 g/mol. The van der Waals surface area contributed by atoms with Crippen molar-refractivity contribution in [1.82, 2.24) is 9.97 Å². The number of rotatable bonds is 8. The van der Waals surface area contributed by atoms with Crippen LogP contribution in [0.4, 0.5) is 0 Å². The topological polar surface area (TPSA) is 112 Å². The number of primary amides is 1. The number of fused-ring (bicyclic) bond motifs is 1. The molecule has 31 heavy (non-hydrogen) atoms. The number of aliphatic imine (C=N–C) groups is 1. The van der Waals surface area contributed by atoms with Crippen LogP contribution in [0.1, 0.15) is 18.3 Å². The Hall–Kier alpha value is -3.04. The molecule has 0 spiro atoms. The van der Waals surface area contributed by atoms with Crippen molar-refractivity contribution in [3.05, 3.63) is 47.9 Å². The van der Waals surface area contributed by atoms with E-state index in [0.717, 1.165) is 27.3 Å². The lowest BCUT2D eigenvalue weighted by Crippen LogP contribution is -2.30. The maximum atomic E-state index is 11.5. The van der Waals surface area contributed by atoms with Crippen molar-refractivity contribution in [3.63, 3.8) is 0 Å². The molecule has 162 valence electrons. The number of nitrogens with two attached hydrogens (primary N) is 1. The number of aromatic nitrogens is 2. The third-order valence-electron chi connectivity index (χ3n) is 5.13. The number of hydrogen-bond acceptors (Lipinski definition) is 7. The number of ether oxygens (including phenoxy) is 3. The number of amides is 1. The molecular weight excluding hydrogens is 416 g/mol. The fourth-order valence-corrected chi connectivity index (χ4v) is 4.50. The van der Waals surface area contributed by atoms with Gasteiger partial charge in [0.1, 0.15) is 22.3 Å². The summed E-state index contributed by atoms with van der Waals surface area (Å²) in [5.74, 6) is 1.37. The van der Waals surface area contributed by atoms with Gasteiger partial charge in [-0.25, -0.2) is 0 Å². The van der Waals surface area contributed by atoms with Gasteiger partial charge in [-0.3, -0.25) is 14.8 Å². The SMILES string of the molecule is COCc1ccc(Oc2cc(OC)c3[nH]c(C4=NCC(C(C)C(N)=O)S4)cc3c2)cn1. The molecule has 3 aromatic rings. The first kappa shape index (κ1) is 21.2. The Kier molecular flexibility index (Phi) is 6.15. The van der Waals surface area contributed by atoms with E-state index >= 15 is 0 Å². The quantitative estimate of drug-likeness (QED) is 0.555. The molecule has 0 saturated carbocycles. The second-order valence-electron chi connectivity index (χ2n) is 7.29. The van der Waals surface area contributed by atoms with E-state index < -0.39 is 0 Å². The summed E-state index contributed by atoms with van der Waals surface area (Å²) < 4.78 is 16.6. The molecule has 2 unspecified atom stereocenters. The largest absolute Gasteiger partial charge is 0.494 e. The summed E-state index contributed by atoms with van der Waals surface area (Å²) in [7, 11) is 3.25. The molecule has 0 bridgehead atoms. The first-order valence-electron chi connectivity index (χ1n) is 9.81. The minimum absolute atomic E-state index is 0.0493. The third-order valence-corrected chi connectivity index (χ3v) is 6.56. The van der Waals surface area contributed by atoms with E-state index in [4.69, 9.17) is 19.9 Å². The second kappa shape index (κ2) is 8.99. The van der Waals surface area contributed by atoms with Gasteiger partial charge in [0.15, 0.2) is 0 Å². The lowest BCUT2D eigenvalue weighted by molar-refractivity contribution is -0.121. The number of benzene rings is 1. The van der Waals surface area contributed by atoms with Crippen LogP contribution >= 0.6 is 11.8 Å². The average molecular weight is 441 g/mol. The van der Waals surface area contributed by atoms with E-state index in [1.165, 1.54) is 0 Å². The minimum Gasteiger partial charge on any atom is -0.494 e. The number of pyridine rings is 1. The normalized spacial score (nSPS) is 16.9. The first-order valence-corrected chi connectivity index (χ1v) is 10.7. The van der Waals surface area contributed by atoms with Gasteiger partial charge in [0.2, 0.25) is 5.91 Å². The molecule has 3 N–H and O–H groups in total. The Morgan fingerprint density at radius 1 is 1.29 bits per heavy atom. The maximum absolute atomic E-state index is 11.5. The van der Waals surface area contributed by atoms with E-state index in [1.807, 2.05) is 37.3 Å². The van der Waals surface area contributed by atoms with Gasteiger partial charge >= 0.3 is 0 Å². The number of thioether (sulfide) groups is 1. The van der Waals surface area contributed by atoms with Crippen molar-refractivity contribution >= 4 is 33.6 Å². The summed E-state index contributed by atoms with van der Waals surface area (Å²) in [6, 6.07) is 9.48. The van der Waals surface area contributed by atoms with Crippen LogP contribution in [0.5, 0.6) is 17.2 Å². The van der Waals surface area contributed by atoms with Crippen LogP contribution in [0.25, 0.3) is 10.9 Å². The predicted octanol–water partition coefficient (Wildman–Crippen LogP) is 3.49. The molecule has 1 aromatic carbocycles. The molecule has 8 nitrogen and oxygen atoms in total. The number of carbonyl (C=O) groups is 1. The molecule has 0 fully saturated rings. The molecule has 1 amide bonds. The van der Waals surface area contributed by atoms with Crippen LogP contribution in [-0.4, -0.2) is 46.9 Å². The van der Waals surface area contributed by atoms with Crippen molar-refractivity contribution in [2.24, 2.45) is 16.6 Å². The van der Waals surface area contributed by atoms with Crippen molar-refractivity contribution in [2.75, 3.05) is 20.8 Å². The van der Waals surface area contributed by atoms with E-state index in [-0.39, 0.29) is 17.1 Å². The highest BCUT2D eigenvalue weighted by Gasteiger charge is 2.29. The number of nitrogens with zero attached hydrogens (tertiary/aromatic N) is 2. The molecule has 1 aliphatic heterocycles. The predicted molar refractivity (Wildman–Crippen MR) is 121 cm³/mol. The molecule has 2 atom stereocenters. The standard InChI is InChI=1S/C22H24N4O4S/c1-12(21(23)27)19-10-25-22(31-19)17-7-13-6-16(8-18(29-3)20(13)26-17)30-15-5-4-14(11-28-2)24-9-15/h4-9,12,19,26H,10-11H2,1-3H3,(H2,23,27). The Morgan fingerprint density at radius 3 is 2.81 bits per heavy atom. The fraction of sp³-hybridized carbons (Fsp3) is 0.318. The molecule has 4 rings (SSSR count). The van der Waals surface area contributed by atoms with Gasteiger partial charge in [0.05, 0.1) is 43.4 Å². The number of nitrogens with one attached hydrogen (secondary N) is 1. The average Bonchev–Trinajstić information content (AvgIpc) is 3.41. The number of aromatic amines is 1. The summed E-state index contributed by atoms with van der Waals surface area (Å²) in [6.07, 6.45) is 1.66. The van der Waals surface area contributed by atoms with E-state index in [2.05, 4.69) is 15.0 Å². The maximum Gasteiger partial charge on any atom is 0.221 e. The second-order valence-corrected chi connectivity index (χ2v) is 8.51. The Balaban J connectivity index is 1.57. The van der Waals surface area contributed by atoms with Crippen molar-refractivity contribution < 1.29 is 19.0 Å². The van der Waals surface area contributed by atoms with Crippen LogP contribution in [-0.2, 0) is 16.1 Å². The van der Waals surface area contributed by atoms with Gasteiger partial charge in [-0.2, -0.15) is 0 Å². The zero-order chi connectivity index (χ0) is 22.0. The van der Waals surface area contributed by atoms with Gasteiger partial charge in [-0.05, 0) is 24.3 Å². The molecule has 0 aliphatic carbocycles. The Bertz CT molecular complexity index is 1130. The van der Waals surface area contributed by atoms with Crippen LogP contribution in [0.15, 0.2) is 41.5 Å². The summed E-state index contributed by atoms with van der Waals surface area (Å²) in [5, 5.41) is 1.84. The highest BCUT2D eigenvalue weighted by Crippen LogP contribution is 2.36. The number of H-pyrrole nitrogens is 1. The van der Waals surface area contributed by atoms with Crippen LogP contribution < -0.4 is 15.2 Å². The molecule has 0 saturated heterocycles. The smallest absolute Gasteiger partial charge is 0.221 e. The van der Waals surface area contributed by atoms with Crippen molar-refractivity contribution in [1.29, 1.82) is 0 Å². The van der Waals surface area contributed by atoms with Gasteiger partial charge in [-0.15, -0.1) is 0 Å². The van der Waals surface area contributed by atoms with Gasteiger partial charge in [-0.1, -0.05) is 18.7 Å². The lowest BCUT2D eigenvalue weighted by atomic mass is 10.1. The van der Waals surface area contributed by atoms with Crippen molar-refractivity contribution in [3.8, 4) is 17.2 Å². The summed E-state index contributed by atoms with van der Waals surface area (Å²) >= 11 is 1.57. The number of methoxy groups -OCH3 is 2. The molecule has 0 radical (unpaired) electrons. The van der Waals surface area contributed by atoms with E-state index in [1.54, 1.807) is 32.2 Å². The molecule has 3 heterocycles. The number of hydrogen-bond donors (Lipinski definition) is 2. The lowest BCUT2D eigenvalue weighted by Gasteiger charge is -2.13. The van der Waals surface area contributed by atoms with Crippen LogP contribution in [0, 0.1) is 5.92 Å². The minimum atomic E-state index is -0.307. The molecule has 1 aliphatic rings. The molecular formula is C22H24N4O4S.